The van der Waals surface area contributed by atoms with E-state index in [9.17, 15) is 9.90 Å². The first-order valence-electron chi connectivity index (χ1n) is 9.80. The second-order valence-corrected chi connectivity index (χ2v) is 7.63. The summed E-state index contributed by atoms with van der Waals surface area (Å²) in [5.74, 6) is 1.95. The van der Waals surface area contributed by atoms with Crippen LogP contribution in [0.25, 0.3) is 0 Å². The van der Waals surface area contributed by atoms with Crippen LogP contribution in [0.1, 0.15) is 76.5 Å². The summed E-state index contributed by atoms with van der Waals surface area (Å²) < 4.78 is 17.2. The number of hydrogen-bond acceptors (Lipinski definition) is 5. The molecule has 3 atom stereocenters. The molecule has 3 rings (SSSR count). The highest BCUT2D eigenvalue weighted by Crippen LogP contribution is 2.44. The second kappa shape index (κ2) is 7.87. The maximum atomic E-state index is 12.8. The number of allylic oxidation sites excluding steroid dienone is 1. The lowest BCUT2D eigenvalue weighted by atomic mass is 9.86. The van der Waals surface area contributed by atoms with Crippen molar-refractivity contribution in [1.82, 2.24) is 0 Å². The summed E-state index contributed by atoms with van der Waals surface area (Å²) in [6.45, 7) is 7.57. The average molecular weight is 362 g/mol. The highest BCUT2D eigenvalue weighted by Gasteiger charge is 2.42. The lowest BCUT2D eigenvalue weighted by Crippen LogP contribution is -2.32. The summed E-state index contributed by atoms with van der Waals surface area (Å²) in [7, 11) is 0. The highest BCUT2D eigenvalue weighted by molar-refractivity contribution is 5.38. The van der Waals surface area contributed by atoms with Crippen molar-refractivity contribution in [3.05, 3.63) is 39.6 Å². The maximum Gasteiger partial charge on any atom is 0.347 e. The smallest absolute Gasteiger partial charge is 0.347 e. The van der Waals surface area contributed by atoms with E-state index in [0.29, 0.717) is 24.5 Å². The van der Waals surface area contributed by atoms with Crippen molar-refractivity contribution in [2.75, 3.05) is 13.2 Å². The quantitative estimate of drug-likeness (QED) is 0.768. The summed E-state index contributed by atoms with van der Waals surface area (Å²) in [5.41, 5.74) is -1.02. The zero-order valence-corrected chi connectivity index (χ0v) is 16.0. The van der Waals surface area contributed by atoms with Crippen LogP contribution in [0.5, 0.6) is 5.75 Å². The van der Waals surface area contributed by atoms with E-state index < -0.39 is 11.2 Å². The van der Waals surface area contributed by atoms with Crippen LogP contribution in [0.2, 0.25) is 0 Å². The monoisotopic (exact) mass is 362 g/mol. The molecule has 3 unspecified atom stereocenters. The molecule has 0 saturated carbocycles. The van der Waals surface area contributed by atoms with Crippen LogP contribution < -0.4 is 5.63 Å². The molecule has 3 heterocycles. The lowest BCUT2D eigenvalue weighted by Gasteiger charge is -2.29. The molecule has 0 aliphatic carbocycles. The van der Waals surface area contributed by atoms with Crippen LogP contribution in [-0.4, -0.2) is 18.3 Å². The molecule has 2 aliphatic rings. The van der Waals surface area contributed by atoms with Gasteiger partial charge in [-0.2, -0.15) is 0 Å². The van der Waals surface area contributed by atoms with E-state index in [2.05, 4.69) is 6.92 Å². The molecule has 0 spiro atoms. The molecule has 1 saturated heterocycles. The summed E-state index contributed by atoms with van der Waals surface area (Å²) in [6.07, 6.45) is 6.88. The van der Waals surface area contributed by atoms with Crippen LogP contribution >= 0.6 is 0 Å². The Bertz CT molecular complexity index is 714. The van der Waals surface area contributed by atoms with Crippen LogP contribution in [0.3, 0.4) is 0 Å². The van der Waals surface area contributed by atoms with E-state index in [-0.39, 0.29) is 17.2 Å². The van der Waals surface area contributed by atoms with E-state index >= 15 is 0 Å². The van der Waals surface area contributed by atoms with Gasteiger partial charge in [0.1, 0.15) is 22.7 Å². The van der Waals surface area contributed by atoms with Gasteiger partial charge in [0.05, 0.1) is 5.76 Å². The molecule has 0 amide bonds. The zero-order chi connectivity index (χ0) is 18.7. The van der Waals surface area contributed by atoms with Crippen LogP contribution in [-0.2, 0) is 15.1 Å². The van der Waals surface area contributed by atoms with Crippen LogP contribution in [0, 0.1) is 5.92 Å². The molecule has 0 aromatic carbocycles. The van der Waals surface area contributed by atoms with E-state index in [0.717, 1.165) is 44.7 Å². The van der Waals surface area contributed by atoms with Gasteiger partial charge in [-0.3, -0.25) is 0 Å². The highest BCUT2D eigenvalue weighted by atomic mass is 16.5. The topological polar surface area (TPSA) is 68.9 Å². The SMILES string of the molecule is CCCC1(c2c(O)cc(C(CC)CC3CCOC3)oc2=O)CC=C(C)O1. The summed E-state index contributed by atoms with van der Waals surface area (Å²) in [4.78, 5) is 12.8. The maximum absolute atomic E-state index is 12.8. The van der Waals surface area contributed by atoms with Gasteiger partial charge >= 0.3 is 5.63 Å². The van der Waals surface area contributed by atoms with Gasteiger partial charge in [-0.25, -0.2) is 4.79 Å². The molecule has 1 aromatic rings. The number of hydrogen-bond donors (Lipinski definition) is 1. The van der Waals surface area contributed by atoms with Gasteiger partial charge in [-0.15, -0.1) is 0 Å². The van der Waals surface area contributed by atoms with Crippen molar-refractivity contribution in [1.29, 1.82) is 0 Å². The molecule has 0 bridgehead atoms. The Morgan fingerprint density at radius 1 is 1.38 bits per heavy atom. The first kappa shape index (κ1) is 19.0. The van der Waals surface area contributed by atoms with Crippen LogP contribution in [0.4, 0.5) is 0 Å². The van der Waals surface area contributed by atoms with Gasteiger partial charge in [-0.1, -0.05) is 20.3 Å². The number of rotatable bonds is 7. The van der Waals surface area contributed by atoms with Gasteiger partial charge in [0.25, 0.3) is 0 Å². The molecule has 5 heteroatoms. The Kier molecular flexibility index (Phi) is 5.76. The van der Waals surface area contributed by atoms with Gasteiger partial charge in [0.15, 0.2) is 0 Å². The van der Waals surface area contributed by atoms with E-state index in [1.807, 2.05) is 19.9 Å². The van der Waals surface area contributed by atoms with Crippen LogP contribution in [0.15, 0.2) is 27.1 Å². The predicted octanol–water partition coefficient (Wildman–Crippen LogP) is 4.59. The second-order valence-electron chi connectivity index (χ2n) is 7.63. The Hall–Kier alpha value is -1.75. The third-order valence-electron chi connectivity index (χ3n) is 5.67. The predicted molar refractivity (Wildman–Crippen MR) is 99.3 cm³/mol. The summed E-state index contributed by atoms with van der Waals surface area (Å²) in [5, 5.41) is 10.7. The third kappa shape index (κ3) is 3.68. The molecule has 144 valence electrons. The minimum absolute atomic E-state index is 0.00563. The molecule has 1 N–H and O–H groups in total. The summed E-state index contributed by atoms with van der Waals surface area (Å²) in [6, 6.07) is 1.63. The fourth-order valence-corrected chi connectivity index (χ4v) is 4.31. The van der Waals surface area contributed by atoms with Gasteiger partial charge in [0, 0.05) is 31.6 Å². The lowest BCUT2D eigenvalue weighted by molar-refractivity contribution is 0.00884. The Morgan fingerprint density at radius 2 is 2.19 bits per heavy atom. The standard InChI is InChI=1S/C21H30O5/c1-4-8-21(9-6-14(3)26-21)19-17(22)12-18(25-20(19)23)16(5-2)11-15-7-10-24-13-15/h6,12,15-16,22H,4-5,7-11,13H2,1-3H3. The Labute approximate surface area is 155 Å². The number of ether oxygens (including phenoxy) is 2. The van der Waals surface area contributed by atoms with Gasteiger partial charge in [0.2, 0.25) is 0 Å². The molecule has 5 nitrogen and oxygen atoms in total. The summed E-state index contributed by atoms with van der Waals surface area (Å²) >= 11 is 0. The third-order valence-corrected chi connectivity index (χ3v) is 5.67. The van der Waals surface area contributed by atoms with Crippen molar-refractivity contribution in [2.24, 2.45) is 5.92 Å². The molecule has 1 fully saturated rings. The normalized spacial score (nSPS) is 26.6. The van der Waals surface area contributed by atoms with Crippen molar-refractivity contribution in [2.45, 2.75) is 70.8 Å². The molecule has 1 aromatic heterocycles. The molecule has 26 heavy (non-hydrogen) atoms. The molecular weight excluding hydrogens is 332 g/mol. The first-order chi connectivity index (χ1) is 12.5. The average Bonchev–Trinajstić information content (AvgIpc) is 3.22. The molecule has 2 aliphatic heterocycles. The van der Waals surface area contributed by atoms with Crippen molar-refractivity contribution in [3.8, 4) is 5.75 Å². The molecular formula is C21H30O5. The van der Waals surface area contributed by atoms with E-state index in [1.54, 1.807) is 6.07 Å². The fraction of sp³-hybridized carbons (Fsp3) is 0.667. The molecule has 0 radical (unpaired) electrons. The zero-order valence-electron chi connectivity index (χ0n) is 16.0. The van der Waals surface area contributed by atoms with Crippen molar-refractivity contribution < 1.29 is 19.0 Å². The Balaban J connectivity index is 1.91. The minimum atomic E-state index is -0.803. The first-order valence-corrected chi connectivity index (χ1v) is 9.80. The Morgan fingerprint density at radius 3 is 2.73 bits per heavy atom. The number of aromatic hydroxyl groups is 1. The van der Waals surface area contributed by atoms with E-state index in [4.69, 9.17) is 13.9 Å². The van der Waals surface area contributed by atoms with Gasteiger partial charge < -0.3 is 19.0 Å². The van der Waals surface area contributed by atoms with Crippen molar-refractivity contribution >= 4 is 0 Å². The minimum Gasteiger partial charge on any atom is -0.507 e. The van der Waals surface area contributed by atoms with Crippen molar-refractivity contribution in [3.63, 3.8) is 0 Å². The van der Waals surface area contributed by atoms with E-state index in [1.165, 1.54) is 0 Å². The largest absolute Gasteiger partial charge is 0.507 e. The fourth-order valence-electron chi connectivity index (χ4n) is 4.31. The van der Waals surface area contributed by atoms with Gasteiger partial charge in [-0.05, 0) is 44.6 Å².